The Bertz CT molecular complexity index is 890. The quantitative estimate of drug-likeness (QED) is 0.705. The van der Waals surface area contributed by atoms with Gasteiger partial charge >= 0.3 is 12.1 Å². The zero-order chi connectivity index (χ0) is 16.6. The number of carboxylic acids is 1. The van der Waals surface area contributed by atoms with Gasteiger partial charge in [0.15, 0.2) is 4.34 Å². The maximum atomic E-state index is 12.7. The summed E-state index contributed by atoms with van der Waals surface area (Å²) in [6.45, 7) is 0. The third-order valence-electron chi connectivity index (χ3n) is 3.01. The summed E-state index contributed by atoms with van der Waals surface area (Å²) >= 11 is 2.35. The second-order valence-electron chi connectivity index (χ2n) is 4.56. The molecule has 0 aliphatic heterocycles. The molecule has 1 N–H and O–H groups in total. The fraction of sp³-hybridized carbons (Fsp3) is 0.0667. The third kappa shape index (κ3) is 3.32. The molecule has 0 radical (unpaired) electrons. The molecular formula is C15H8F3NO2S2. The topological polar surface area (TPSA) is 50.2 Å². The fourth-order valence-electron chi connectivity index (χ4n) is 1.95. The van der Waals surface area contributed by atoms with E-state index in [0.717, 1.165) is 23.9 Å². The van der Waals surface area contributed by atoms with Crippen molar-refractivity contribution >= 4 is 39.3 Å². The minimum Gasteiger partial charge on any atom is -0.478 e. The van der Waals surface area contributed by atoms with Crippen LogP contribution in [0.1, 0.15) is 15.9 Å². The predicted molar refractivity (Wildman–Crippen MR) is 82.1 cm³/mol. The first-order chi connectivity index (χ1) is 10.8. The molecule has 8 heteroatoms. The Morgan fingerprint density at radius 3 is 2.61 bits per heavy atom. The minimum absolute atomic E-state index is 0.132. The first-order valence-corrected chi connectivity index (χ1v) is 7.96. The van der Waals surface area contributed by atoms with Crippen molar-refractivity contribution in [2.75, 3.05) is 0 Å². The predicted octanol–water partition coefficient (Wildman–Crippen LogP) is 5.16. The van der Waals surface area contributed by atoms with Crippen molar-refractivity contribution in [1.29, 1.82) is 0 Å². The van der Waals surface area contributed by atoms with Gasteiger partial charge in [0.1, 0.15) is 0 Å². The highest BCUT2D eigenvalue weighted by Crippen LogP contribution is 2.38. The molecule has 0 unspecified atom stereocenters. The number of nitrogens with zero attached hydrogens (tertiary/aromatic N) is 1. The number of carbonyl (C=O) groups is 1. The summed E-state index contributed by atoms with van der Waals surface area (Å²) in [5, 5.41) is 9.15. The van der Waals surface area contributed by atoms with Gasteiger partial charge in [-0.1, -0.05) is 23.9 Å². The highest BCUT2D eigenvalue weighted by atomic mass is 32.2. The molecule has 1 aromatic heterocycles. The molecule has 0 aliphatic carbocycles. The molecule has 0 aliphatic rings. The Morgan fingerprint density at radius 1 is 1.17 bits per heavy atom. The standard InChI is InChI=1S/C15H8F3NO2S2/c16-15(17,18)8-5-6-12-10(7-8)19-14(23-12)22-11-4-2-1-3-9(11)13(20)21/h1-7H,(H,20,21). The molecule has 1 heterocycles. The van der Waals surface area contributed by atoms with Gasteiger partial charge in [0, 0.05) is 4.90 Å². The van der Waals surface area contributed by atoms with E-state index in [4.69, 9.17) is 5.11 Å². The van der Waals surface area contributed by atoms with E-state index in [0.29, 0.717) is 13.9 Å². The number of aromatic nitrogens is 1. The van der Waals surface area contributed by atoms with E-state index < -0.39 is 17.7 Å². The van der Waals surface area contributed by atoms with Gasteiger partial charge in [-0.3, -0.25) is 0 Å². The van der Waals surface area contributed by atoms with E-state index in [1.807, 2.05) is 0 Å². The van der Waals surface area contributed by atoms with Crippen LogP contribution in [0.3, 0.4) is 0 Å². The largest absolute Gasteiger partial charge is 0.478 e. The number of halogens is 3. The van der Waals surface area contributed by atoms with Crippen LogP contribution >= 0.6 is 23.1 Å². The van der Waals surface area contributed by atoms with Gasteiger partial charge in [-0.15, -0.1) is 11.3 Å². The molecule has 3 nitrogen and oxygen atoms in total. The zero-order valence-electron chi connectivity index (χ0n) is 11.3. The van der Waals surface area contributed by atoms with E-state index in [1.54, 1.807) is 18.2 Å². The van der Waals surface area contributed by atoms with Crippen molar-refractivity contribution in [1.82, 2.24) is 4.98 Å². The number of aromatic carboxylic acids is 1. The van der Waals surface area contributed by atoms with Crippen molar-refractivity contribution in [2.24, 2.45) is 0 Å². The maximum absolute atomic E-state index is 12.7. The van der Waals surface area contributed by atoms with Crippen molar-refractivity contribution in [3.8, 4) is 0 Å². The van der Waals surface area contributed by atoms with E-state index in [9.17, 15) is 18.0 Å². The van der Waals surface area contributed by atoms with Gasteiger partial charge in [-0.05, 0) is 30.3 Å². The lowest BCUT2D eigenvalue weighted by molar-refractivity contribution is -0.137. The number of hydrogen-bond donors (Lipinski definition) is 1. The Balaban J connectivity index is 1.97. The molecule has 0 saturated carbocycles. The van der Waals surface area contributed by atoms with Gasteiger partial charge in [0.25, 0.3) is 0 Å². The lowest BCUT2D eigenvalue weighted by atomic mass is 10.2. The van der Waals surface area contributed by atoms with E-state index in [1.165, 1.54) is 23.5 Å². The van der Waals surface area contributed by atoms with Gasteiger partial charge in [0.2, 0.25) is 0 Å². The lowest BCUT2D eigenvalue weighted by Gasteiger charge is -2.04. The van der Waals surface area contributed by atoms with Crippen LogP contribution in [-0.2, 0) is 6.18 Å². The summed E-state index contributed by atoms with van der Waals surface area (Å²) in [5.74, 6) is -1.06. The van der Waals surface area contributed by atoms with Crippen molar-refractivity contribution in [2.45, 2.75) is 15.4 Å². The highest BCUT2D eigenvalue weighted by Gasteiger charge is 2.30. The van der Waals surface area contributed by atoms with Gasteiger partial charge < -0.3 is 5.11 Å². The van der Waals surface area contributed by atoms with Crippen molar-refractivity contribution in [3.05, 3.63) is 53.6 Å². The van der Waals surface area contributed by atoms with Crippen molar-refractivity contribution < 1.29 is 23.1 Å². The summed E-state index contributed by atoms with van der Waals surface area (Å²) in [4.78, 5) is 15.9. The Kier molecular flexibility index (Phi) is 4.03. The highest BCUT2D eigenvalue weighted by molar-refractivity contribution is 8.01. The number of rotatable bonds is 3. The summed E-state index contributed by atoms with van der Waals surface area (Å²) in [7, 11) is 0. The van der Waals surface area contributed by atoms with Crippen molar-refractivity contribution in [3.63, 3.8) is 0 Å². The average Bonchev–Trinajstić information content (AvgIpc) is 2.87. The summed E-state index contributed by atoms with van der Waals surface area (Å²) in [6.07, 6.45) is -4.42. The van der Waals surface area contributed by atoms with Gasteiger partial charge in [0.05, 0.1) is 21.3 Å². The monoisotopic (exact) mass is 355 g/mol. The number of fused-ring (bicyclic) bond motifs is 1. The van der Waals surface area contributed by atoms with Crippen LogP contribution in [0.15, 0.2) is 51.7 Å². The molecule has 3 aromatic rings. The summed E-state index contributed by atoms with van der Waals surface area (Å²) < 4.78 is 39.3. The van der Waals surface area contributed by atoms with Crippen LogP contribution in [-0.4, -0.2) is 16.1 Å². The molecule has 0 fully saturated rings. The number of thiazole rings is 1. The normalized spacial score (nSPS) is 11.8. The zero-order valence-corrected chi connectivity index (χ0v) is 12.9. The fourth-order valence-corrected chi connectivity index (χ4v) is 4.08. The molecular weight excluding hydrogens is 347 g/mol. The molecule has 3 rings (SSSR count). The van der Waals surface area contributed by atoms with Crippen LogP contribution in [0.2, 0.25) is 0 Å². The molecule has 0 bridgehead atoms. The Labute approximate surface area is 136 Å². The smallest absolute Gasteiger partial charge is 0.416 e. The number of alkyl halides is 3. The van der Waals surface area contributed by atoms with E-state index in [2.05, 4.69) is 4.98 Å². The van der Waals surface area contributed by atoms with Crippen LogP contribution in [0.25, 0.3) is 10.2 Å². The minimum atomic E-state index is -4.42. The summed E-state index contributed by atoms with van der Waals surface area (Å²) in [5.41, 5.74) is -0.370. The molecule has 0 spiro atoms. The molecule has 0 atom stereocenters. The molecule has 0 saturated heterocycles. The van der Waals surface area contributed by atoms with Crippen LogP contribution in [0, 0.1) is 0 Å². The Morgan fingerprint density at radius 2 is 1.91 bits per heavy atom. The van der Waals surface area contributed by atoms with Crippen LogP contribution < -0.4 is 0 Å². The number of benzene rings is 2. The van der Waals surface area contributed by atoms with Gasteiger partial charge in [-0.2, -0.15) is 13.2 Å². The second kappa shape index (κ2) is 5.86. The van der Waals surface area contributed by atoms with Crippen LogP contribution in [0.4, 0.5) is 13.2 Å². The average molecular weight is 355 g/mol. The SMILES string of the molecule is O=C(O)c1ccccc1Sc1nc2cc(C(F)(F)F)ccc2s1. The first-order valence-electron chi connectivity index (χ1n) is 6.32. The Hall–Kier alpha value is -2.06. The second-order valence-corrected chi connectivity index (χ2v) is 6.88. The summed E-state index contributed by atoms with van der Waals surface area (Å²) in [6, 6.07) is 9.81. The molecule has 118 valence electrons. The van der Waals surface area contributed by atoms with Gasteiger partial charge in [-0.25, -0.2) is 9.78 Å². The number of hydrogen-bond acceptors (Lipinski definition) is 4. The van der Waals surface area contributed by atoms with Crippen LogP contribution in [0.5, 0.6) is 0 Å². The molecule has 0 amide bonds. The molecule has 2 aromatic carbocycles. The first kappa shape index (κ1) is 15.8. The lowest BCUT2D eigenvalue weighted by Crippen LogP contribution is -2.03. The number of carboxylic acid groups (broad SMARTS) is 1. The third-order valence-corrected chi connectivity index (χ3v) is 5.18. The maximum Gasteiger partial charge on any atom is 0.416 e. The van der Waals surface area contributed by atoms with E-state index >= 15 is 0 Å². The molecule has 23 heavy (non-hydrogen) atoms. The van der Waals surface area contributed by atoms with E-state index in [-0.39, 0.29) is 11.1 Å².